The molecule has 156 valence electrons. The zero-order valence-electron chi connectivity index (χ0n) is 16.8. The second kappa shape index (κ2) is 6.48. The summed E-state index contributed by atoms with van der Waals surface area (Å²) in [5.74, 6) is 0.596. The summed E-state index contributed by atoms with van der Waals surface area (Å²) in [4.78, 5) is 25.5. The average Bonchev–Trinajstić information content (AvgIpc) is 2.95. The van der Waals surface area contributed by atoms with Gasteiger partial charge < -0.3 is 0 Å². The fourth-order valence-electron chi connectivity index (χ4n) is 7.40. The summed E-state index contributed by atoms with van der Waals surface area (Å²) in [6, 6.07) is 0. The molecule has 0 bridgehead atoms. The molecule has 9 atom stereocenters. The maximum absolute atomic E-state index is 15.5. The minimum absolute atomic E-state index is 0.245. The molecule has 0 N–H and O–H groups in total. The fourth-order valence-corrected chi connectivity index (χ4v) is 9.65. The molecule has 6 heteroatoms. The summed E-state index contributed by atoms with van der Waals surface area (Å²) in [5, 5.41) is 0.658. The van der Waals surface area contributed by atoms with Crippen molar-refractivity contribution in [2.75, 3.05) is 5.33 Å². The van der Waals surface area contributed by atoms with Crippen molar-refractivity contribution in [3.63, 3.8) is 0 Å². The van der Waals surface area contributed by atoms with Crippen LogP contribution >= 0.6 is 47.8 Å². The summed E-state index contributed by atoms with van der Waals surface area (Å²) in [6.45, 7) is 8.45. The van der Waals surface area contributed by atoms with Crippen molar-refractivity contribution in [2.45, 2.75) is 62.3 Å². The van der Waals surface area contributed by atoms with Crippen LogP contribution in [-0.4, -0.2) is 25.8 Å². The molecule has 4 rings (SSSR count). The highest BCUT2D eigenvalue weighted by molar-refractivity contribution is 9.12. The van der Waals surface area contributed by atoms with E-state index in [-0.39, 0.29) is 17.3 Å². The number of carbonyl (C=O) groups excluding carboxylic acids is 2. The predicted molar refractivity (Wildman–Crippen MR) is 120 cm³/mol. The van der Waals surface area contributed by atoms with E-state index in [0.717, 1.165) is 24.8 Å². The monoisotopic (exact) mass is 580 g/mol. The molecule has 0 heterocycles. The number of ketones is 2. The quantitative estimate of drug-likeness (QED) is 0.336. The first-order valence-corrected chi connectivity index (χ1v) is 13.0. The highest BCUT2D eigenvalue weighted by Gasteiger charge is 2.70. The number of Topliss-reactive ketones (excluding diaryl/α,β-unsaturated/α-hetero) is 1. The number of alkyl halides is 4. The van der Waals surface area contributed by atoms with Gasteiger partial charge in [0, 0.05) is 28.5 Å². The second-order valence-corrected chi connectivity index (χ2v) is 13.2. The Kier molecular flexibility index (Phi) is 5.01. The van der Waals surface area contributed by atoms with E-state index in [1.807, 2.05) is 6.92 Å². The van der Waals surface area contributed by atoms with E-state index in [1.165, 1.54) is 0 Å². The summed E-state index contributed by atoms with van der Waals surface area (Å²) in [5.41, 5.74) is 0.333. The lowest BCUT2D eigenvalue weighted by atomic mass is 9.41. The Bertz CT molecular complexity index is 780. The van der Waals surface area contributed by atoms with Gasteiger partial charge in [0.1, 0.15) is 5.78 Å². The molecule has 3 saturated carbocycles. The third kappa shape index (κ3) is 2.40. The van der Waals surface area contributed by atoms with Crippen LogP contribution in [0.2, 0.25) is 0 Å². The van der Waals surface area contributed by atoms with E-state index < -0.39 is 26.0 Å². The fraction of sp³-hybridized carbons (Fsp3) is 0.818. The van der Waals surface area contributed by atoms with E-state index in [1.54, 1.807) is 6.08 Å². The number of rotatable bonds is 1. The summed E-state index contributed by atoms with van der Waals surface area (Å²) >= 11 is 10.9. The van der Waals surface area contributed by atoms with Gasteiger partial charge in [0.2, 0.25) is 10.4 Å². The van der Waals surface area contributed by atoms with Gasteiger partial charge in [-0.05, 0) is 70.5 Å². The minimum atomic E-state index is -2.04. The van der Waals surface area contributed by atoms with Crippen molar-refractivity contribution in [3.8, 4) is 0 Å². The van der Waals surface area contributed by atoms with E-state index in [2.05, 4.69) is 68.6 Å². The van der Waals surface area contributed by atoms with Crippen molar-refractivity contribution < 1.29 is 14.0 Å². The predicted octanol–water partition coefficient (Wildman–Crippen LogP) is 6.39. The Morgan fingerprint density at radius 2 is 1.79 bits per heavy atom. The molecule has 3 unspecified atom stereocenters. The molecule has 4 aliphatic carbocycles. The van der Waals surface area contributed by atoms with Crippen LogP contribution in [0.3, 0.4) is 0 Å². The maximum atomic E-state index is 15.5. The zero-order valence-corrected chi connectivity index (χ0v) is 21.6. The standard InChI is InChI=1S/C22H28Br3FO2/c1-11-18-13-5-6-16(27)19(13,3)8-7-14(18)20(4)12(2)22(25,26)17(28)9-15(20)21(11,24)10-23/h9,11-14,18H,5-8,10H2,1-4H3/t11?,12-,13+,14+,18+,19+,20-,21?,22?/m1/s1. The van der Waals surface area contributed by atoms with Gasteiger partial charge in [-0.1, -0.05) is 59.6 Å². The molecular weight excluding hydrogens is 555 g/mol. The smallest absolute Gasteiger partial charge is 0.229 e. The molecule has 28 heavy (non-hydrogen) atoms. The molecule has 0 spiro atoms. The molecular formula is C22H28Br3FO2. The van der Waals surface area contributed by atoms with Crippen LogP contribution in [0.4, 0.5) is 4.39 Å². The topological polar surface area (TPSA) is 34.1 Å². The van der Waals surface area contributed by atoms with Gasteiger partial charge in [0.25, 0.3) is 0 Å². The molecule has 0 aromatic rings. The SMILES string of the molecule is CC1[C@@H]2[C@H](CC[C@]3(C)C(=O)CC[C@@H]23)[C@]2(C)C(=CC(=O)C(F)(Br)[C@@H]2C)C1(Br)CBr. The van der Waals surface area contributed by atoms with Crippen LogP contribution in [0.25, 0.3) is 0 Å². The highest BCUT2D eigenvalue weighted by Crippen LogP contribution is 2.71. The van der Waals surface area contributed by atoms with Crippen LogP contribution in [-0.2, 0) is 9.59 Å². The molecule has 3 fully saturated rings. The summed E-state index contributed by atoms with van der Waals surface area (Å²) < 4.78 is 13.1. The summed E-state index contributed by atoms with van der Waals surface area (Å²) in [7, 11) is 0. The third-order valence-electron chi connectivity index (χ3n) is 9.38. The lowest BCUT2D eigenvalue weighted by Crippen LogP contribution is -2.65. The molecule has 4 aliphatic rings. The molecule has 0 saturated heterocycles. The number of carbonyl (C=O) groups is 2. The van der Waals surface area contributed by atoms with Gasteiger partial charge in [-0.25, -0.2) is 4.39 Å². The van der Waals surface area contributed by atoms with Crippen molar-refractivity contribution in [1.29, 1.82) is 0 Å². The van der Waals surface area contributed by atoms with E-state index >= 15 is 4.39 Å². The first-order valence-electron chi connectivity index (χ1n) is 10.3. The van der Waals surface area contributed by atoms with Crippen LogP contribution in [0, 0.1) is 40.4 Å². The van der Waals surface area contributed by atoms with Gasteiger partial charge >= 0.3 is 0 Å². The van der Waals surface area contributed by atoms with Crippen molar-refractivity contribution in [2.24, 2.45) is 40.4 Å². The van der Waals surface area contributed by atoms with Crippen molar-refractivity contribution >= 4 is 59.4 Å². The highest BCUT2D eigenvalue weighted by atomic mass is 79.9. The first-order chi connectivity index (χ1) is 12.9. The molecule has 0 aliphatic heterocycles. The van der Waals surface area contributed by atoms with Gasteiger partial charge in [-0.15, -0.1) is 0 Å². The van der Waals surface area contributed by atoms with Gasteiger partial charge in [0.05, 0.1) is 4.32 Å². The summed E-state index contributed by atoms with van der Waals surface area (Å²) in [6.07, 6.45) is 4.96. The zero-order chi connectivity index (χ0) is 20.9. The largest absolute Gasteiger partial charge is 0.299 e. The normalized spacial score (nSPS) is 56.0. The van der Waals surface area contributed by atoms with Crippen LogP contribution < -0.4 is 0 Å². The van der Waals surface area contributed by atoms with Gasteiger partial charge in [-0.2, -0.15) is 0 Å². The van der Waals surface area contributed by atoms with Crippen LogP contribution in [0.15, 0.2) is 11.6 Å². The number of fused-ring (bicyclic) bond motifs is 5. The van der Waals surface area contributed by atoms with E-state index in [4.69, 9.17) is 0 Å². The number of hydrogen-bond acceptors (Lipinski definition) is 2. The Hall–Kier alpha value is 0.450. The van der Waals surface area contributed by atoms with Gasteiger partial charge in [-0.3, -0.25) is 9.59 Å². The first kappa shape index (κ1) is 21.7. The van der Waals surface area contributed by atoms with E-state index in [0.29, 0.717) is 29.4 Å². The van der Waals surface area contributed by atoms with Crippen LogP contribution in [0.1, 0.15) is 53.4 Å². The Morgan fingerprint density at radius 3 is 2.39 bits per heavy atom. The second-order valence-electron chi connectivity index (χ2n) is 10.0. The van der Waals surface area contributed by atoms with Gasteiger partial charge in [0.15, 0.2) is 0 Å². The minimum Gasteiger partial charge on any atom is -0.299 e. The van der Waals surface area contributed by atoms with Crippen molar-refractivity contribution in [3.05, 3.63) is 11.6 Å². The lowest BCUT2D eigenvalue weighted by Gasteiger charge is -2.66. The molecule has 0 amide bonds. The number of hydrogen-bond donors (Lipinski definition) is 0. The van der Waals surface area contributed by atoms with Crippen LogP contribution in [0.5, 0.6) is 0 Å². The van der Waals surface area contributed by atoms with Crippen molar-refractivity contribution in [1.82, 2.24) is 0 Å². The lowest BCUT2D eigenvalue weighted by molar-refractivity contribution is -0.142. The molecule has 0 radical (unpaired) electrons. The number of halogens is 4. The van der Waals surface area contributed by atoms with E-state index in [9.17, 15) is 9.59 Å². The Morgan fingerprint density at radius 1 is 1.14 bits per heavy atom. The average molecular weight is 583 g/mol. The molecule has 0 aromatic carbocycles. The Balaban J connectivity index is 1.93. The third-order valence-corrected chi connectivity index (χ3v) is 13.5. The molecule has 2 nitrogen and oxygen atoms in total. The maximum Gasteiger partial charge on any atom is 0.229 e. The molecule has 0 aromatic heterocycles. The Labute approximate surface area is 192 Å². The number of allylic oxidation sites excluding steroid dienone is 1.